The molecule has 0 aromatic carbocycles. The average Bonchev–Trinajstić information content (AvgIpc) is 2.69. The summed E-state index contributed by atoms with van der Waals surface area (Å²) in [6.45, 7) is 4.00. The third-order valence-electron chi connectivity index (χ3n) is 3.99. The van der Waals surface area contributed by atoms with Crippen LogP contribution in [0.2, 0.25) is 0 Å². The molecule has 0 bridgehead atoms. The molecule has 0 spiro atoms. The van der Waals surface area contributed by atoms with Crippen LogP contribution in [0.3, 0.4) is 0 Å². The van der Waals surface area contributed by atoms with E-state index in [9.17, 15) is 25.2 Å². The van der Waals surface area contributed by atoms with Crippen LogP contribution in [0.15, 0.2) is 0 Å². The summed E-state index contributed by atoms with van der Waals surface area (Å²) >= 11 is 0. The van der Waals surface area contributed by atoms with Gasteiger partial charge in [-0.15, -0.1) is 0 Å². The van der Waals surface area contributed by atoms with Crippen LogP contribution in [-0.2, 0) is 23.7 Å². The number of carbonyl (C=O) groups is 1. The van der Waals surface area contributed by atoms with Crippen molar-refractivity contribution in [3.8, 4) is 0 Å². The maximum atomic E-state index is 10.7. The Balaban J connectivity index is 3.61. The van der Waals surface area contributed by atoms with E-state index in [1.165, 1.54) is 6.92 Å². The standard InChI is InChI=1S/C18H37NO9/c1-16(24)2-4-25-6-8-27-10-11-28-9-7-26-5-3-19(17(12-20)13-21)18(14-22)15-23/h17-18,20-23H,2-15H2,1H3. The van der Waals surface area contributed by atoms with E-state index in [1.54, 1.807) is 4.90 Å². The largest absolute Gasteiger partial charge is 0.395 e. The number of Topliss-reactive ketones (excluding diaryl/α,β-unsaturated/α-hetero) is 1. The summed E-state index contributed by atoms with van der Waals surface area (Å²) in [5, 5.41) is 37.2. The fourth-order valence-corrected chi connectivity index (χ4v) is 2.35. The maximum absolute atomic E-state index is 10.7. The lowest BCUT2D eigenvalue weighted by molar-refractivity contribution is -0.118. The quantitative estimate of drug-likeness (QED) is 0.158. The molecule has 0 atom stereocenters. The molecule has 28 heavy (non-hydrogen) atoms. The lowest BCUT2D eigenvalue weighted by Crippen LogP contribution is -2.51. The number of hydrogen-bond donors (Lipinski definition) is 4. The van der Waals surface area contributed by atoms with E-state index in [1.807, 2.05) is 0 Å². The monoisotopic (exact) mass is 411 g/mol. The summed E-state index contributed by atoms with van der Waals surface area (Å²) < 4.78 is 21.4. The topological polar surface area (TPSA) is 138 Å². The Morgan fingerprint density at radius 2 is 1.04 bits per heavy atom. The van der Waals surface area contributed by atoms with Crippen LogP contribution in [0.4, 0.5) is 0 Å². The summed E-state index contributed by atoms with van der Waals surface area (Å²) in [5.41, 5.74) is 0. The number of aliphatic hydroxyl groups excluding tert-OH is 4. The fraction of sp³-hybridized carbons (Fsp3) is 0.944. The van der Waals surface area contributed by atoms with Gasteiger partial charge in [-0.1, -0.05) is 0 Å². The average molecular weight is 411 g/mol. The normalized spacial score (nSPS) is 11.9. The molecule has 10 heteroatoms. The highest BCUT2D eigenvalue weighted by atomic mass is 16.6. The molecule has 0 saturated carbocycles. The lowest BCUT2D eigenvalue weighted by Gasteiger charge is -2.34. The molecular weight excluding hydrogens is 374 g/mol. The molecule has 0 heterocycles. The minimum Gasteiger partial charge on any atom is -0.395 e. The van der Waals surface area contributed by atoms with Crippen LogP contribution in [0.5, 0.6) is 0 Å². The summed E-state index contributed by atoms with van der Waals surface area (Å²) in [6, 6.07) is -1.12. The van der Waals surface area contributed by atoms with Gasteiger partial charge in [-0.2, -0.15) is 0 Å². The molecule has 0 aliphatic carbocycles. The molecule has 4 N–H and O–H groups in total. The first-order valence-electron chi connectivity index (χ1n) is 9.60. The third kappa shape index (κ3) is 14.3. The van der Waals surface area contributed by atoms with Crippen molar-refractivity contribution in [3.05, 3.63) is 0 Å². The zero-order valence-electron chi connectivity index (χ0n) is 16.8. The van der Waals surface area contributed by atoms with Gasteiger partial charge in [-0.25, -0.2) is 0 Å². The molecule has 0 aromatic heterocycles. The van der Waals surface area contributed by atoms with Crippen molar-refractivity contribution in [2.45, 2.75) is 25.4 Å². The number of aliphatic hydroxyl groups is 4. The van der Waals surface area contributed by atoms with Crippen LogP contribution in [0, 0.1) is 0 Å². The molecule has 0 aliphatic heterocycles. The molecule has 0 aromatic rings. The smallest absolute Gasteiger partial charge is 0.132 e. The van der Waals surface area contributed by atoms with Crippen molar-refractivity contribution in [2.24, 2.45) is 0 Å². The molecule has 0 unspecified atom stereocenters. The van der Waals surface area contributed by atoms with Gasteiger partial charge in [-0.05, 0) is 6.92 Å². The molecule has 0 fully saturated rings. The van der Waals surface area contributed by atoms with Gasteiger partial charge in [0.05, 0.1) is 91.4 Å². The summed E-state index contributed by atoms with van der Waals surface area (Å²) in [4.78, 5) is 12.3. The van der Waals surface area contributed by atoms with Gasteiger partial charge in [0.25, 0.3) is 0 Å². The SMILES string of the molecule is CC(=O)CCOCCOCCOCCOCCN(C(CO)CO)C(CO)CO. The third-order valence-corrected chi connectivity index (χ3v) is 3.99. The summed E-state index contributed by atoms with van der Waals surface area (Å²) in [7, 11) is 0. The minimum atomic E-state index is -0.562. The molecule has 0 rings (SSSR count). The van der Waals surface area contributed by atoms with Gasteiger partial charge in [-0.3, -0.25) is 9.69 Å². The van der Waals surface area contributed by atoms with Crippen molar-refractivity contribution in [3.63, 3.8) is 0 Å². The molecule has 10 nitrogen and oxygen atoms in total. The van der Waals surface area contributed by atoms with Crippen LogP contribution >= 0.6 is 0 Å². The van der Waals surface area contributed by atoms with Crippen molar-refractivity contribution in [1.29, 1.82) is 0 Å². The molecular formula is C18H37NO9. The van der Waals surface area contributed by atoms with Gasteiger partial charge < -0.3 is 39.4 Å². The van der Waals surface area contributed by atoms with Crippen LogP contribution in [-0.4, -0.2) is 129 Å². The Labute approximate surface area is 166 Å². The van der Waals surface area contributed by atoms with Crippen LogP contribution in [0.25, 0.3) is 0 Å². The fourth-order valence-electron chi connectivity index (χ4n) is 2.35. The van der Waals surface area contributed by atoms with Crippen LogP contribution < -0.4 is 0 Å². The van der Waals surface area contributed by atoms with Crippen molar-refractivity contribution in [1.82, 2.24) is 4.90 Å². The number of ketones is 1. The lowest BCUT2D eigenvalue weighted by atomic mass is 10.2. The van der Waals surface area contributed by atoms with Gasteiger partial charge in [0, 0.05) is 13.0 Å². The molecule has 0 amide bonds. The van der Waals surface area contributed by atoms with Crippen molar-refractivity contribution in [2.75, 3.05) is 85.8 Å². The number of hydrogen-bond acceptors (Lipinski definition) is 10. The number of nitrogens with zero attached hydrogens (tertiary/aromatic N) is 1. The van der Waals surface area contributed by atoms with E-state index in [0.717, 1.165) is 0 Å². The second kappa shape index (κ2) is 19.6. The van der Waals surface area contributed by atoms with E-state index in [4.69, 9.17) is 18.9 Å². The maximum Gasteiger partial charge on any atom is 0.132 e. The number of carbonyl (C=O) groups excluding carboxylic acids is 1. The van der Waals surface area contributed by atoms with Gasteiger partial charge >= 0.3 is 0 Å². The first-order chi connectivity index (χ1) is 13.6. The molecule has 168 valence electrons. The van der Waals surface area contributed by atoms with Gasteiger partial charge in [0.2, 0.25) is 0 Å². The highest BCUT2D eigenvalue weighted by molar-refractivity contribution is 5.75. The number of ether oxygens (including phenoxy) is 4. The van der Waals surface area contributed by atoms with Crippen molar-refractivity contribution < 1.29 is 44.2 Å². The predicted molar refractivity (Wildman–Crippen MR) is 101 cm³/mol. The zero-order chi connectivity index (χ0) is 21.0. The van der Waals surface area contributed by atoms with E-state index in [0.29, 0.717) is 65.8 Å². The zero-order valence-corrected chi connectivity index (χ0v) is 16.8. The van der Waals surface area contributed by atoms with E-state index >= 15 is 0 Å². The predicted octanol–water partition coefficient (Wildman–Crippen LogP) is -1.96. The van der Waals surface area contributed by atoms with Gasteiger partial charge in [0.1, 0.15) is 5.78 Å². The Hall–Kier alpha value is -0.690. The first-order valence-corrected chi connectivity index (χ1v) is 9.60. The summed E-state index contributed by atoms with van der Waals surface area (Å²) in [6.07, 6.45) is 0.419. The Bertz CT molecular complexity index is 340. The molecule has 0 aliphatic rings. The van der Waals surface area contributed by atoms with Gasteiger partial charge in [0.15, 0.2) is 0 Å². The molecule has 0 radical (unpaired) electrons. The number of rotatable bonds is 21. The first kappa shape index (κ1) is 27.3. The second-order valence-corrected chi connectivity index (χ2v) is 6.18. The Morgan fingerprint density at radius 1 is 0.679 bits per heavy atom. The minimum absolute atomic E-state index is 0.104. The van der Waals surface area contributed by atoms with Crippen molar-refractivity contribution >= 4 is 5.78 Å². The van der Waals surface area contributed by atoms with E-state index < -0.39 is 12.1 Å². The highest BCUT2D eigenvalue weighted by Gasteiger charge is 2.24. The van der Waals surface area contributed by atoms with Crippen LogP contribution in [0.1, 0.15) is 13.3 Å². The summed E-state index contributed by atoms with van der Waals surface area (Å²) in [5.74, 6) is 0.104. The Kier molecular flexibility index (Phi) is 19.1. The highest BCUT2D eigenvalue weighted by Crippen LogP contribution is 2.05. The van der Waals surface area contributed by atoms with E-state index in [2.05, 4.69) is 0 Å². The molecule has 0 saturated heterocycles. The second-order valence-electron chi connectivity index (χ2n) is 6.18. The Morgan fingerprint density at radius 3 is 1.39 bits per heavy atom. The van der Waals surface area contributed by atoms with E-state index in [-0.39, 0.29) is 32.2 Å².